The number of likely N-dealkylation sites (tertiary alicyclic amines) is 1. The van der Waals surface area contributed by atoms with E-state index >= 15 is 0 Å². The summed E-state index contributed by atoms with van der Waals surface area (Å²) in [4.78, 5) is 49.4. The Hall–Kier alpha value is -2.97. The van der Waals surface area contributed by atoms with Gasteiger partial charge >= 0.3 is 0 Å². The van der Waals surface area contributed by atoms with Crippen LogP contribution in [0.3, 0.4) is 0 Å². The van der Waals surface area contributed by atoms with Crippen LogP contribution < -0.4 is 5.56 Å². The fourth-order valence-corrected chi connectivity index (χ4v) is 4.50. The third-order valence-corrected chi connectivity index (χ3v) is 6.16. The number of nitrogens with one attached hydrogen (secondary N) is 1. The van der Waals surface area contributed by atoms with E-state index in [9.17, 15) is 14.4 Å². The Bertz CT molecular complexity index is 1030. The maximum Gasteiger partial charge on any atom is 0.257 e. The van der Waals surface area contributed by atoms with Crippen LogP contribution in [-0.2, 0) is 24.3 Å². The predicted molar refractivity (Wildman–Crippen MR) is 114 cm³/mol. The Morgan fingerprint density at radius 2 is 2.06 bits per heavy atom. The number of aryl methyl sites for hydroxylation is 1. The molecule has 2 aromatic heterocycles. The zero-order chi connectivity index (χ0) is 22.0. The average Bonchev–Trinajstić information content (AvgIpc) is 3.26. The molecule has 0 spiro atoms. The van der Waals surface area contributed by atoms with Crippen LogP contribution in [0, 0.1) is 0 Å². The van der Waals surface area contributed by atoms with Crippen molar-refractivity contribution in [2.45, 2.75) is 71.5 Å². The number of piperidine rings is 1. The molecule has 0 radical (unpaired) electrons. The highest BCUT2D eigenvalue weighted by Gasteiger charge is 2.32. The van der Waals surface area contributed by atoms with E-state index in [1.165, 1.54) is 0 Å². The maximum absolute atomic E-state index is 13.3. The molecular formula is C22H30N6O3. The highest BCUT2D eigenvalue weighted by atomic mass is 16.2. The van der Waals surface area contributed by atoms with Gasteiger partial charge in [-0.25, -0.2) is 4.98 Å². The van der Waals surface area contributed by atoms with Gasteiger partial charge in [-0.15, -0.1) is 0 Å². The highest BCUT2D eigenvalue weighted by Crippen LogP contribution is 2.30. The molecule has 166 valence electrons. The maximum atomic E-state index is 13.3. The SMILES string of the molecule is CCCn1cc(C(=O)N2CCCCC2c2nc3c(c(=O)[nH]2)CCN(C(=O)CC)C3)cn1. The second-order valence-corrected chi connectivity index (χ2v) is 8.30. The van der Waals surface area contributed by atoms with Gasteiger partial charge in [0.2, 0.25) is 5.91 Å². The number of aromatic nitrogens is 4. The van der Waals surface area contributed by atoms with E-state index < -0.39 is 0 Å². The van der Waals surface area contributed by atoms with Crippen LogP contribution in [0.4, 0.5) is 0 Å². The molecule has 2 amide bonds. The lowest BCUT2D eigenvalue weighted by Crippen LogP contribution is -2.42. The van der Waals surface area contributed by atoms with E-state index in [0.29, 0.717) is 55.1 Å². The third-order valence-electron chi connectivity index (χ3n) is 6.16. The normalized spacial score (nSPS) is 18.7. The molecule has 31 heavy (non-hydrogen) atoms. The predicted octanol–water partition coefficient (Wildman–Crippen LogP) is 2.04. The molecule has 0 saturated carbocycles. The summed E-state index contributed by atoms with van der Waals surface area (Å²) in [5, 5.41) is 4.28. The molecule has 0 bridgehead atoms. The van der Waals surface area contributed by atoms with Gasteiger partial charge in [0, 0.05) is 37.8 Å². The summed E-state index contributed by atoms with van der Waals surface area (Å²) < 4.78 is 1.78. The molecule has 9 nitrogen and oxygen atoms in total. The summed E-state index contributed by atoms with van der Waals surface area (Å²) in [6.45, 7) is 6.18. The minimum atomic E-state index is -0.286. The molecule has 4 heterocycles. The number of rotatable bonds is 5. The van der Waals surface area contributed by atoms with E-state index in [1.54, 1.807) is 26.9 Å². The van der Waals surface area contributed by atoms with Gasteiger partial charge in [-0.3, -0.25) is 19.1 Å². The summed E-state index contributed by atoms with van der Waals surface area (Å²) in [5.74, 6) is 0.492. The first-order valence-electron chi connectivity index (χ1n) is 11.2. The van der Waals surface area contributed by atoms with Crippen LogP contribution in [0.5, 0.6) is 0 Å². The molecule has 4 rings (SSSR count). The van der Waals surface area contributed by atoms with Gasteiger partial charge in [0.25, 0.3) is 11.5 Å². The Balaban J connectivity index is 1.62. The summed E-state index contributed by atoms with van der Waals surface area (Å²) in [5.41, 5.74) is 1.71. The Morgan fingerprint density at radius 3 is 2.84 bits per heavy atom. The number of hydrogen-bond donors (Lipinski definition) is 1. The zero-order valence-electron chi connectivity index (χ0n) is 18.3. The minimum absolute atomic E-state index is 0.0628. The molecule has 1 unspecified atom stereocenters. The summed E-state index contributed by atoms with van der Waals surface area (Å²) in [6.07, 6.45) is 7.91. The average molecular weight is 427 g/mol. The molecule has 2 aromatic rings. The monoisotopic (exact) mass is 426 g/mol. The second kappa shape index (κ2) is 9.03. The quantitative estimate of drug-likeness (QED) is 0.788. The smallest absolute Gasteiger partial charge is 0.257 e. The van der Waals surface area contributed by atoms with Crippen LogP contribution in [-0.4, -0.2) is 54.5 Å². The molecule has 1 fully saturated rings. The highest BCUT2D eigenvalue weighted by molar-refractivity contribution is 5.94. The number of fused-ring (bicyclic) bond motifs is 1. The van der Waals surface area contributed by atoms with E-state index in [4.69, 9.17) is 4.98 Å². The second-order valence-electron chi connectivity index (χ2n) is 8.30. The van der Waals surface area contributed by atoms with E-state index in [1.807, 2.05) is 6.92 Å². The van der Waals surface area contributed by atoms with Crippen molar-refractivity contribution in [1.82, 2.24) is 29.5 Å². The van der Waals surface area contributed by atoms with Crippen LogP contribution >= 0.6 is 0 Å². The molecule has 0 aliphatic carbocycles. The minimum Gasteiger partial charge on any atom is -0.336 e. The van der Waals surface area contributed by atoms with Crippen LogP contribution in [0.25, 0.3) is 0 Å². The number of carbonyl (C=O) groups excluding carboxylic acids is 2. The number of aromatic amines is 1. The first kappa shape index (κ1) is 21.3. The van der Waals surface area contributed by atoms with Crippen LogP contribution in [0.1, 0.15) is 79.4 Å². The van der Waals surface area contributed by atoms with Crippen molar-refractivity contribution < 1.29 is 9.59 Å². The Labute approximate surface area is 181 Å². The van der Waals surface area contributed by atoms with E-state index in [-0.39, 0.29) is 23.4 Å². The lowest BCUT2D eigenvalue weighted by Gasteiger charge is -2.35. The first-order chi connectivity index (χ1) is 15.0. The van der Waals surface area contributed by atoms with Crippen molar-refractivity contribution >= 4 is 11.8 Å². The third kappa shape index (κ3) is 4.26. The molecule has 2 aliphatic rings. The zero-order valence-corrected chi connectivity index (χ0v) is 18.3. The largest absolute Gasteiger partial charge is 0.336 e. The summed E-state index contributed by atoms with van der Waals surface area (Å²) >= 11 is 0. The van der Waals surface area contributed by atoms with Gasteiger partial charge in [0.15, 0.2) is 0 Å². The van der Waals surface area contributed by atoms with Gasteiger partial charge in [-0.05, 0) is 32.1 Å². The van der Waals surface area contributed by atoms with Crippen molar-refractivity contribution in [2.24, 2.45) is 0 Å². The standard InChI is InChI=1S/C22H30N6O3/c1-3-9-27-13-15(12-23-27)22(31)28-10-6-5-7-18(28)20-24-17-14-26(19(29)4-2)11-8-16(17)21(30)25-20/h12-13,18H,3-11,14H2,1-2H3,(H,24,25,30). The number of nitrogens with zero attached hydrogens (tertiary/aromatic N) is 5. The van der Waals surface area contributed by atoms with E-state index in [2.05, 4.69) is 17.0 Å². The van der Waals surface area contributed by atoms with Gasteiger partial charge < -0.3 is 14.8 Å². The van der Waals surface area contributed by atoms with Crippen molar-refractivity contribution in [3.63, 3.8) is 0 Å². The van der Waals surface area contributed by atoms with Gasteiger partial charge in [-0.1, -0.05) is 13.8 Å². The molecule has 9 heteroatoms. The fourth-order valence-electron chi connectivity index (χ4n) is 4.50. The summed E-state index contributed by atoms with van der Waals surface area (Å²) in [7, 11) is 0. The van der Waals surface area contributed by atoms with Gasteiger partial charge in [0.1, 0.15) is 5.82 Å². The van der Waals surface area contributed by atoms with Crippen molar-refractivity contribution in [2.75, 3.05) is 13.1 Å². The molecular weight excluding hydrogens is 396 g/mol. The Morgan fingerprint density at radius 1 is 1.23 bits per heavy atom. The van der Waals surface area contributed by atoms with Gasteiger partial charge in [-0.2, -0.15) is 5.10 Å². The van der Waals surface area contributed by atoms with Crippen molar-refractivity contribution in [3.8, 4) is 0 Å². The topological polar surface area (TPSA) is 104 Å². The van der Waals surface area contributed by atoms with Gasteiger partial charge in [0.05, 0.1) is 30.0 Å². The van der Waals surface area contributed by atoms with Crippen molar-refractivity contribution in [1.29, 1.82) is 0 Å². The van der Waals surface area contributed by atoms with E-state index in [0.717, 1.165) is 32.2 Å². The number of hydrogen-bond acceptors (Lipinski definition) is 5. The Kier molecular flexibility index (Phi) is 6.20. The number of carbonyl (C=O) groups is 2. The molecule has 1 N–H and O–H groups in total. The molecule has 1 saturated heterocycles. The van der Waals surface area contributed by atoms with Crippen LogP contribution in [0.15, 0.2) is 17.2 Å². The molecule has 0 aromatic carbocycles. The lowest BCUT2D eigenvalue weighted by molar-refractivity contribution is -0.131. The lowest BCUT2D eigenvalue weighted by atomic mass is 9.99. The summed E-state index contributed by atoms with van der Waals surface area (Å²) in [6, 6.07) is -0.286. The molecule has 1 atom stereocenters. The number of H-pyrrole nitrogens is 1. The van der Waals surface area contributed by atoms with Crippen LogP contribution in [0.2, 0.25) is 0 Å². The number of amides is 2. The fraction of sp³-hybridized carbons (Fsp3) is 0.591. The van der Waals surface area contributed by atoms with Crippen molar-refractivity contribution in [3.05, 3.63) is 45.4 Å². The first-order valence-corrected chi connectivity index (χ1v) is 11.2. The molecule has 2 aliphatic heterocycles.